The molecule has 6 heteroatoms. The third kappa shape index (κ3) is 4.70. The monoisotopic (exact) mass is 342 g/mol. The molecule has 0 radical (unpaired) electrons. The van der Waals surface area contributed by atoms with E-state index in [1.165, 1.54) is 6.07 Å². The number of pyridine rings is 1. The van der Waals surface area contributed by atoms with Gasteiger partial charge in [-0.25, -0.2) is 0 Å². The van der Waals surface area contributed by atoms with Gasteiger partial charge in [0.05, 0.1) is 6.10 Å². The van der Waals surface area contributed by atoms with Crippen molar-refractivity contribution >= 4 is 5.91 Å². The van der Waals surface area contributed by atoms with Crippen LogP contribution < -0.4 is 15.6 Å². The molecular formula is C19H22N2O4. The van der Waals surface area contributed by atoms with Crippen LogP contribution in [0.1, 0.15) is 34.5 Å². The highest BCUT2D eigenvalue weighted by Gasteiger charge is 2.16. The van der Waals surface area contributed by atoms with Gasteiger partial charge in [0.2, 0.25) is 0 Å². The Kier molecular flexibility index (Phi) is 5.50. The number of rotatable bonds is 6. The van der Waals surface area contributed by atoms with Crippen LogP contribution in [0.2, 0.25) is 0 Å². The Labute approximate surface area is 146 Å². The predicted molar refractivity (Wildman–Crippen MR) is 93.9 cm³/mol. The van der Waals surface area contributed by atoms with Crippen molar-refractivity contribution in [2.75, 3.05) is 13.2 Å². The average molecular weight is 342 g/mol. The van der Waals surface area contributed by atoms with Gasteiger partial charge in [0.15, 0.2) is 0 Å². The van der Waals surface area contributed by atoms with Crippen molar-refractivity contribution in [3.8, 4) is 5.75 Å². The number of carbonyl (C=O) groups is 1. The summed E-state index contributed by atoms with van der Waals surface area (Å²) < 4.78 is 11.2. The lowest BCUT2D eigenvalue weighted by Crippen LogP contribution is -2.29. The fourth-order valence-electron chi connectivity index (χ4n) is 2.70. The van der Waals surface area contributed by atoms with Gasteiger partial charge in [-0.2, -0.15) is 0 Å². The number of amides is 1. The Hall–Kier alpha value is -2.60. The smallest absolute Gasteiger partial charge is 0.260 e. The topological polar surface area (TPSA) is 80.4 Å². The SMILES string of the molecule is Cc1ccc(C(=O)NCc2ccc(OC[C@H]3CCCO3)cc2)c(=O)[nH]1. The first kappa shape index (κ1) is 17.2. The number of nitrogens with one attached hydrogen (secondary N) is 2. The second-order valence-electron chi connectivity index (χ2n) is 6.16. The van der Waals surface area contributed by atoms with Crippen molar-refractivity contribution in [1.82, 2.24) is 10.3 Å². The molecule has 6 nitrogen and oxygen atoms in total. The summed E-state index contributed by atoms with van der Waals surface area (Å²) in [7, 11) is 0. The average Bonchev–Trinajstić information content (AvgIpc) is 3.12. The molecule has 1 aliphatic rings. The van der Waals surface area contributed by atoms with E-state index in [1.807, 2.05) is 24.3 Å². The van der Waals surface area contributed by atoms with Crippen LogP contribution in [0, 0.1) is 6.92 Å². The van der Waals surface area contributed by atoms with Gasteiger partial charge in [-0.1, -0.05) is 12.1 Å². The van der Waals surface area contributed by atoms with Crippen molar-refractivity contribution in [3.63, 3.8) is 0 Å². The number of aryl methyl sites for hydroxylation is 1. The quantitative estimate of drug-likeness (QED) is 0.843. The highest BCUT2D eigenvalue weighted by molar-refractivity contribution is 5.93. The summed E-state index contributed by atoms with van der Waals surface area (Å²) in [4.78, 5) is 26.5. The molecule has 1 aromatic heterocycles. The molecule has 1 amide bonds. The predicted octanol–water partition coefficient (Wildman–Crippen LogP) is 2.17. The normalized spacial score (nSPS) is 16.6. The van der Waals surface area contributed by atoms with Crippen LogP contribution in [0.25, 0.3) is 0 Å². The Morgan fingerprint density at radius 1 is 1.28 bits per heavy atom. The third-order valence-electron chi connectivity index (χ3n) is 4.14. The van der Waals surface area contributed by atoms with Crippen LogP contribution in [0.5, 0.6) is 5.75 Å². The third-order valence-corrected chi connectivity index (χ3v) is 4.14. The molecule has 0 saturated carbocycles. The fraction of sp³-hybridized carbons (Fsp3) is 0.368. The van der Waals surface area contributed by atoms with Crippen LogP contribution in [0.3, 0.4) is 0 Å². The van der Waals surface area contributed by atoms with Crippen molar-refractivity contribution < 1.29 is 14.3 Å². The van der Waals surface area contributed by atoms with Crippen LogP contribution in [-0.2, 0) is 11.3 Å². The molecule has 0 bridgehead atoms. The first-order chi connectivity index (χ1) is 12.1. The van der Waals surface area contributed by atoms with Crippen molar-refractivity contribution in [2.45, 2.75) is 32.4 Å². The summed E-state index contributed by atoms with van der Waals surface area (Å²) in [6, 6.07) is 10.8. The van der Waals surface area contributed by atoms with Crippen molar-refractivity contribution in [1.29, 1.82) is 0 Å². The van der Waals surface area contributed by atoms with Gasteiger partial charge in [-0.15, -0.1) is 0 Å². The minimum absolute atomic E-state index is 0.113. The molecule has 2 aromatic rings. The molecule has 1 fully saturated rings. The first-order valence-corrected chi connectivity index (χ1v) is 8.43. The summed E-state index contributed by atoms with van der Waals surface area (Å²) in [6.07, 6.45) is 2.32. The second kappa shape index (κ2) is 7.98. The van der Waals surface area contributed by atoms with Gasteiger partial charge in [-0.3, -0.25) is 9.59 Å². The van der Waals surface area contributed by atoms with Crippen molar-refractivity contribution in [3.05, 3.63) is 63.6 Å². The highest BCUT2D eigenvalue weighted by atomic mass is 16.5. The zero-order valence-electron chi connectivity index (χ0n) is 14.2. The van der Waals surface area contributed by atoms with E-state index in [0.29, 0.717) is 13.2 Å². The molecule has 1 saturated heterocycles. The number of aromatic amines is 1. The molecule has 1 aliphatic heterocycles. The van der Waals surface area contributed by atoms with Gasteiger partial charge < -0.3 is 19.8 Å². The maximum atomic E-state index is 12.1. The van der Waals surface area contributed by atoms with E-state index in [0.717, 1.165) is 36.5 Å². The lowest BCUT2D eigenvalue weighted by Gasteiger charge is -2.12. The summed E-state index contributed by atoms with van der Waals surface area (Å²) in [5.74, 6) is 0.389. The van der Waals surface area contributed by atoms with Crippen molar-refractivity contribution in [2.24, 2.45) is 0 Å². The molecule has 3 rings (SSSR count). The van der Waals surface area contributed by atoms with Gasteiger partial charge in [0.25, 0.3) is 11.5 Å². The highest BCUT2D eigenvalue weighted by Crippen LogP contribution is 2.16. The molecule has 2 heterocycles. The fourth-order valence-corrected chi connectivity index (χ4v) is 2.70. The number of aromatic nitrogens is 1. The zero-order valence-corrected chi connectivity index (χ0v) is 14.2. The van der Waals surface area contributed by atoms with E-state index >= 15 is 0 Å². The molecule has 132 valence electrons. The standard InChI is InChI=1S/C19H22N2O4/c1-13-4-9-17(19(23)21-13)18(22)20-11-14-5-7-15(8-6-14)25-12-16-3-2-10-24-16/h4-9,16H,2-3,10-12H2,1H3,(H,20,22)(H,21,23)/t16-/m1/s1. The van der Waals surface area contributed by atoms with E-state index in [9.17, 15) is 9.59 Å². The largest absolute Gasteiger partial charge is 0.491 e. The van der Waals surface area contributed by atoms with Gasteiger partial charge in [0.1, 0.15) is 17.9 Å². The molecule has 0 unspecified atom stereocenters. The second-order valence-corrected chi connectivity index (χ2v) is 6.16. The molecule has 0 spiro atoms. The van der Waals surface area contributed by atoms with E-state index < -0.39 is 0 Å². The maximum Gasteiger partial charge on any atom is 0.260 e. The first-order valence-electron chi connectivity index (χ1n) is 8.43. The van der Waals surface area contributed by atoms with E-state index in [-0.39, 0.29) is 23.1 Å². The number of carbonyl (C=O) groups excluding carboxylic acids is 1. The number of benzene rings is 1. The maximum absolute atomic E-state index is 12.1. The summed E-state index contributed by atoms with van der Waals surface area (Å²) >= 11 is 0. The zero-order chi connectivity index (χ0) is 17.6. The molecule has 1 atom stereocenters. The van der Waals surface area contributed by atoms with Crippen LogP contribution in [-0.4, -0.2) is 30.2 Å². The van der Waals surface area contributed by atoms with E-state index in [4.69, 9.17) is 9.47 Å². The molecular weight excluding hydrogens is 320 g/mol. The van der Waals surface area contributed by atoms with Crippen LogP contribution >= 0.6 is 0 Å². The van der Waals surface area contributed by atoms with Gasteiger partial charge >= 0.3 is 0 Å². The Morgan fingerprint density at radius 2 is 2.08 bits per heavy atom. The molecule has 25 heavy (non-hydrogen) atoms. The number of ether oxygens (including phenoxy) is 2. The minimum atomic E-state index is -0.389. The van der Waals surface area contributed by atoms with Gasteiger partial charge in [0, 0.05) is 18.8 Å². The summed E-state index contributed by atoms with van der Waals surface area (Å²) in [5.41, 5.74) is 1.39. The minimum Gasteiger partial charge on any atom is -0.491 e. The Morgan fingerprint density at radius 3 is 2.76 bits per heavy atom. The summed E-state index contributed by atoms with van der Waals surface area (Å²) in [6.45, 7) is 3.49. The Bertz CT molecular complexity index is 777. The van der Waals surface area contributed by atoms with Crippen LogP contribution in [0.4, 0.5) is 0 Å². The lowest BCUT2D eigenvalue weighted by molar-refractivity contribution is 0.0679. The van der Waals surface area contributed by atoms with E-state index in [2.05, 4.69) is 10.3 Å². The number of hydrogen-bond donors (Lipinski definition) is 2. The number of H-pyrrole nitrogens is 1. The molecule has 0 aliphatic carbocycles. The van der Waals surface area contributed by atoms with E-state index in [1.54, 1.807) is 13.0 Å². The number of hydrogen-bond acceptors (Lipinski definition) is 4. The summed E-state index contributed by atoms with van der Waals surface area (Å²) in [5, 5.41) is 2.75. The lowest BCUT2D eigenvalue weighted by atomic mass is 10.2. The Balaban J connectivity index is 1.51. The molecule has 1 aromatic carbocycles. The van der Waals surface area contributed by atoms with Gasteiger partial charge in [-0.05, 0) is 49.6 Å². The molecule has 2 N–H and O–H groups in total. The van der Waals surface area contributed by atoms with Crippen LogP contribution in [0.15, 0.2) is 41.2 Å².